The van der Waals surface area contributed by atoms with Gasteiger partial charge >= 0.3 is 5.97 Å². The Morgan fingerprint density at radius 3 is 2.50 bits per heavy atom. The lowest BCUT2D eigenvalue weighted by Gasteiger charge is -2.11. The minimum Gasteiger partial charge on any atom is -0.478 e. The molecule has 0 spiro atoms. The molecule has 1 amide bonds. The Hall–Kier alpha value is -2.89. The number of amides is 1. The molecular weight excluding hydrogens is 308 g/mol. The van der Waals surface area contributed by atoms with Gasteiger partial charge in [-0.15, -0.1) is 0 Å². The summed E-state index contributed by atoms with van der Waals surface area (Å²) in [5, 5.41) is 11.7. The Kier molecular flexibility index (Phi) is 5.18. The van der Waals surface area contributed by atoms with Crippen LogP contribution in [0.25, 0.3) is 0 Å². The minimum atomic E-state index is -1.07. The largest absolute Gasteiger partial charge is 0.478 e. The fourth-order valence-electron chi connectivity index (χ4n) is 2.37. The summed E-state index contributed by atoms with van der Waals surface area (Å²) in [6.45, 7) is 5.81. The van der Waals surface area contributed by atoms with Crippen molar-refractivity contribution in [1.29, 1.82) is 0 Å². The summed E-state index contributed by atoms with van der Waals surface area (Å²) in [5.74, 6) is -1.17. The predicted molar refractivity (Wildman–Crippen MR) is 91.7 cm³/mol. The first-order valence-corrected chi connectivity index (χ1v) is 7.65. The van der Waals surface area contributed by atoms with E-state index in [0.717, 1.165) is 5.56 Å². The maximum absolute atomic E-state index is 12.4. The van der Waals surface area contributed by atoms with E-state index in [-0.39, 0.29) is 16.7 Å². The number of hydrogen-bond acceptors (Lipinski definition) is 3. The SMILES string of the molecule is Cc1ccc(C(=O)O)cc1NC(=O)c1cc(CC(C)C)[nH]c(=O)c1. The molecule has 3 N–H and O–H groups in total. The molecule has 126 valence electrons. The number of carbonyl (C=O) groups is 2. The average Bonchev–Trinajstić information content (AvgIpc) is 2.47. The van der Waals surface area contributed by atoms with Gasteiger partial charge in [-0.3, -0.25) is 9.59 Å². The summed E-state index contributed by atoms with van der Waals surface area (Å²) >= 11 is 0. The number of carbonyl (C=O) groups excluding carboxylic acids is 1. The van der Waals surface area contributed by atoms with Crippen LogP contribution in [0.4, 0.5) is 5.69 Å². The Morgan fingerprint density at radius 2 is 1.88 bits per heavy atom. The molecule has 2 aromatic rings. The molecule has 0 radical (unpaired) electrons. The predicted octanol–water partition coefficient (Wildman–Crippen LogP) is 2.83. The average molecular weight is 328 g/mol. The second-order valence-corrected chi connectivity index (χ2v) is 6.15. The van der Waals surface area contributed by atoms with E-state index in [1.807, 2.05) is 13.8 Å². The zero-order valence-electron chi connectivity index (χ0n) is 13.8. The summed E-state index contributed by atoms with van der Waals surface area (Å²) < 4.78 is 0. The van der Waals surface area contributed by atoms with Gasteiger partial charge in [0.05, 0.1) is 5.56 Å². The number of carboxylic acids is 1. The Labute approximate surface area is 139 Å². The number of nitrogens with one attached hydrogen (secondary N) is 2. The molecule has 2 rings (SSSR count). The Morgan fingerprint density at radius 1 is 1.17 bits per heavy atom. The van der Waals surface area contributed by atoms with Gasteiger partial charge in [0.15, 0.2) is 0 Å². The van der Waals surface area contributed by atoms with Crippen LogP contribution >= 0.6 is 0 Å². The number of H-pyrrole nitrogens is 1. The van der Waals surface area contributed by atoms with Crippen LogP contribution in [-0.2, 0) is 6.42 Å². The second-order valence-electron chi connectivity index (χ2n) is 6.15. The standard InChI is InChI=1S/C18H20N2O4/c1-10(2)6-14-7-13(9-16(21)19-14)17(22)20-15-8-12(18(23)24)5-4-11(15)3/h4-5,7-10H,6H2,1-3H3,(H,19,21)(H,20,22)(H,23,24). The molecule has 1 aromatic heterocycles. The van der Waals surface area contributed by atoms with Crippen molar-refractivity contribution in [3.05, 3.63) is 63.1 Å². The van der Waals surface area contributed by atoms with Gasteiger partial charge in [-0.05, 0) is 43.0 Å². The van der Waals surface area contributed by atoms with Crippen LogP contribution in [0.1, 0.15) is 45.8 Å². The Balaban J connectivity index is 2.30. The van der Waals surface area contributed by atoms with E-state index in [1.165, 1.54) is 18.2 Å². The molecule has 0 atom stereocenters. The molecule has 24 heavy (non-hydrogen) atoms. The molecule has 0 aliphatic carbocycles. The van der Waals surface area contributed by atoms with Gasteiger partial charge in [0.1, 0.15) is 0 Å². The number of aromatic nitrogens is 1. The van der Waals surface area contributed by atoms with Gasteiger partial charge in [-0.25, -0.2) is 4.79 Å². The van der Waals surface area contributed by atoms with Crippen molar-refractivity contribution < 1.29 is 14.7 Å². The number of aromatic carboxylic acids is 1. The number of anilines is 1. The third-order valence-electron chi connectivity index (χ3n) is 3.52. The van der Waals surface area contributed by atoms with Crippen molar-refractivity contribution in [1.82, 2.24) is 4.98 Å². The molecule has 0 bridgehead atoms. The van der Waals surface area contributed by atoms with Crippen LogP contribution in [0.2, 0.25) is 0 Å². The molecule has 0 saturated heterocycles. The highest BCUT2D eigenvalue weighted by Crippen LogP contribution is 2.18. The summed E-state index contributed by atoms with van der Waals surface area (Å²) in [5.41, 5.74) is 1.83. The molecule has 0 fully saturated rings. The molecule has 0 saturated carbocycles. The molecule has 0 aliphatic heterocycles. The molecule has 1 heterocycles. The van der Waals surface area contributed by atoms with Gasteiger partial charge in [0.25, 0.3) is 5.91 Å². The molecule has 1 aromatic carbocycles. The van der Waals surface area contributed by atoms with E-state index < -0.39 is 11.9 Å². The summed E-state index contributed by atoms with van der Waals surface area (Å²) in [4.78, 5) is 37.9. The summed E-state index contributed by atoms with van der Waals surface area (Å²) in [7, 11) is 0. The number of pyridine rings is 1. The molecule has 0 unspecified atom stereocenters. The lowest BCUT2D eigenvalue weighted by molar-refractivity contribution is 0.0696. The lowest BCUT2D eigenvalue weighted by Crippen LogP contribution is -2.18. The first-order valence-electron chi connectivity index (χ1n) is 7.65. The topological polar surface area (TPSA) is 99.3 Å². The number of aryl methyl sites for hydroxylation is 1. The first kappa shape index (κ1) is 17.5. The van der Waals surface area contributed by atoms with Gasteiger partial charge in [0.2, 0.25) is 5.56 Å². The van der Waals surface area contributed by atoms with E-state index in [9.17, 15) is 14.4 Å². The van der Waals surface area contributed by atoms with Crippen molar-refractivity contribution in [3.8, 4) is 0 Å². The van der Waals surface area contributed by atoms with Crippen molar-refractivity contribution in [2.24, 2.45) is 5.92 Å². The monoisotopic (exact) mass is 328 g/mol. The lowest BCUT2D eigenvalue weighted by atomic mass is 10.1. The van der Waals surface area contributed by atoms with Crippen molar-refractivity contribution in [2.45, 2.75) is 27.2 Å². The van der Waals surface area contributed by atoms with E-state index in [4.69, 9.17) is 5.11 Å². The number of hydrogen-bond donors (Lipinski definition) is 3. The van der Waals surface area contributed by atoms with E-state index in [2.05, 4.69) is 10.3 Å². The molecule has 6 nitrogen and oxygen atoms in total. The molecule has 6 heteroatoms. The zero-order valence-corrected chi connectivity index (χ0v) is 13.8. The van der Waals surface area contributed by atoms with E-state index in [1.54, 1.807) is 19.1 Å². The van der Waals surface area contributed by atoms with Crippen LogP contribution in [0.3, 0.4) is 0 Å². The second kappa shape index (κ2) is 7.12. The van der Waals surface area contributed by atoms with Crippen molar-refractivity contribution >= 4 is 17.6 Å². The maximum atomic E-state index is 12.4. The van der Waals surface area contributed by atoms with Gasteiger partial charge in [0, 0.05) is 23.0 Å². The smallest absolute Gasteiger partial charge is 0.335 e. The highest BCUT2D eigenvalue weighted by Gasteiger charge is 2.12. The van der Waals surface area contributed by atoms with Crippen LogP contribution in [0.5, 0.6) is 0 Å². The van der Waals surface area contributed by atoms with Crippen LogP contribution in [0, 0.1) is 12.8 Å². The van der Waals surface area contributed by atoms with Gasteiger partial charge < -0.3 is 15.4 Å². The molecule has 0 aliphatic rings. The Bertz CT molecular complexity index is 837. The third-order valence-corrected chi connectivity index (χ3v) is 3.52. The fourth-order valence-corrected chi connectivity index (χ4v) is 2.37. The third kappa shape index (κ3) is 4.32. The van der Waals surface area contributed by atoms with Crippen molar-refractivity contribution in [2.75, 3.05) is 5.32 Å². The van der Waals surface area contributed by atoms with E-state index in [0.29, 0.717) is 23.7 Å². The van der Waals surface area contributed by atoms with Gasteiger partial charge in [-0.2, -0.15) is 0 Å². The first-order chi connectivity index (χ1) is 11.3. The summed E-state index contributed by atoms with van der Waals surface area (Å²) in [6, 6.07) is 7.38. The highest BCUT2D eigenvalue weighted by molar-refractivity contribution is 6.05. The quantitative estimate of drug-likeness (QED) is 0.786. The van der Waals surface area contributed by atoms with Crippen molar-refractivity contribution in [3.63, 3.8) is 0 Å². The van der Waals surface area contributed by atoms with Crippen LogP contribution < -0.4 is 10.9 Å². The summed E-state index contributed by atoms with van der Waals surface area (Å²) in [6.07, 6.45) is 0.657. The van der Waals surface area contributed by atoms with Crippen LogP contribution in [0.15, 0.2) is 35.1 Å². The molecular formula is C18H20N2O4. The van der Waals surface area contributed by atoms with E-state index >= 15 is 0 Å². The number of rotatable bonds is 5. The maximum Gasteiger partial charge on any atom is 0.335 e. The fraction of sp³-hybridized carbons (Fsp3) is 0.278. The minimum absolute atomic E-state index is 0.0855. The van der Waals surface area contributed by atoms with Gasteiger partial charge in [-0.1, -0.05) is 19.9 Å². The normalized spacial score (nSPS) is 10.7. The number of benzene rings is 1. The number of carboxylic acid groups (broad SMARTS) is 1. The highest BCUT2D eigenvalue weighted by atomic mass is 16.4. The van der Waals surface area contributed by atoms with Crippen LogP contribution in [-0.4, -0.2) is 22.0 Å². The number of aromatic amines is 1. The zero-order chi connectivity index (χ0) is 17.9.